The highest BCUT2D eigenvalue weighted by Crippen LogP contribution is 2.42. The number of benzene rings is 2. The molecule has 1 aliphatic rings. The van der Waals surface area contributed by atoms with Gasteiger partial charge in [-0.05, 0) is 49.1 Å². The molecule has 1 N–H and O–H groups in total. The lowest BCUT2D eigenvalue weighted by Gasteiger charge is -2.46. The van der Waals surface area contributed by atoms with E-state index in [1.807, 2.05) is 61.5 Å². The largest absolute Gasteiger partial charge is 0.438 e. The molecule has 9 heteroatoms. The monoisotopic (exact) mass is 537 g/mol. The number of nitrogens with one attached hydrogen (secondary N) is 1. The molecule has 2 aromatic carbocycles. The molecule has 0 bridgehead atoms. The molecule has 1 unspecified atom stereocenters. The van der Waals surface area contributed by atoms with Crippen molar-refractivity contribution < 1.29 is 17.9 Å². The van der Waals surface area contributed by atoms with Crippen LogP contribution in [0.5, 0.6) is 0 Å². The van der Waals surface area contributed by atoms with Crippen LogP contribution in [0, 0.1) is 0 Å². The van der Waals surface area contributed by atoms with Crippen molar-refractivity contribution in [2.24, 2.45) is 7.05 Å². The Morgan fingerprint density at radius 3 is 2.21 bits per heavy atom. The number of nitrogens with zero attached hydrogens (tertiary/aromatic N) is 2. The number of pyridine rings is 1. The summed E-state index contributed by atoms with van der Waals surface area (Å²) in [6, 6.07) is 20.6. The van der Waals surface area contributed by atoms with Gasteiger partial charge >= 0.3 is 6.09 Å². The van der Waals surface area contributed by atoms with Crippen LogP contribution in [0.25, 0.3) is 11.1 Å². The minimum Gasteiger partial charge on any atom is -0.438 e. The maximum atomic E-state index is 13.5. The van der Waals surface area contributed by atoms with Gasteiger partial charge in [-0.1, -0.05) is 54.6 Å². The molecule has 0 spiro atoms. The number of hydrogen-bond donors (Lipinski definition) is 1. The Labute approximate surface area is 224 Å². The van der Waals surface area contributed by atoms with Gasteiger partial charge in [0.15, 0.2) is 0 Å². The predicted octanol–water partition coefficient (Wildman–Crippen LogP) is 4.57. The minimum atomic E-state index is -3.46. The van der Waals surface area contributed by atoms with Crippen LogP contribution in [0.4, 0.5) is 4.79 Å². The first-order chi connectivity index (χ1) is 17.8. The zero-order valence-corrected chi connectivity index (χ0v) is 23.3. The molecule has 2 heterocycles. The summed E-state index contributed by atoms with van der Waals surface area (Å²) in [5.41, 5.74) is 1.83. The molecule has 0 saturated carbocycles. The Kier molecular flexibility index (Phi) is 7.54. The van der Waals surface area contributed by atoms with E-state index in [1.165, 1.54) is 0 Å². The maximum absolute atomic E-state index is 13.5. The standard InChI is InChI=1S/C29H35N3O5S/c1-21(22-11-13-23(14-12-22)24-15-16-26(33)31(4)19-24)32-18-17-29(37-27(32)34,25-9-7-6-8-10-25)20-28(2,3)30-38(5,35)36/h6-16,19,21,30H,17-18,20H2,1-5H3/t21-,29?/m0/s1. The number of aromatic nitrogens is 1. The molecule has 38 heavy (non-hydrogen) atoms. The average Bonchev–Trinajstić information content (AvgIpc) is 2.84. The van der Waals surface area contributed by atoms with E-state index in [0.29, 0.717) is 19.4 Å². The second-order valence-electron chi connectivity index (χ2n) is 10.8. The Balaban J connectivity index is 1.56. The third kappa shape index (κ3) is 6.16. The zero-order chi connectivity index (χ0) is 27.7. The first-order valence-corrected chi connectivity index (χ1v) is 14.5. The molecule has 0 aliphatic carbocycles. The number of ether oxygens (including phenoxy) is 1. The fourth-order valence-corrected chi connectivity index (χ4v) is 6.42. The van der Waals surface area contributed by atoms with E-state index in [9.17, 15) is 18.0 Å². The van der Waals surface area contributed by atoms with Gasteiger partial charge < -0.3 is 14.2 Å². The van der Waals surface area contributed by atoms with Crippen molar-refractivity contribution in [2.45, 2.75) is 50.8 Å². The van der Waals surface area contributed by atoms with Crippen molar-refractivity contribution >= 4 is 16.1 Å². The summed E-state index contributed by atoms with van der Waals surface area (Å²) in [4.78, 5) is 26.9. The van der Waals surface area contributed by atoms with Gasteiger partial charge in [0.05, 0.1) is 12.3 Å². The fourth-order valence-electron chi connectivity index (χ4n) is 5.34. The van der Waals surface area contributed by atoms with E-state index in [0.717, 1.165) is 28.5 Å². The summed E-state index contributed by atoms with van der Waals surface area (Å²) < 4.78 is 34.4. The molecule has 1 amide bonds. The highest BCUT2D eigenvalue weighted by atomic mass is 32.2. The summed E-state index contributed by atoms with van der Waals surface area (Å²) in [5, 5.41) is 0. The molecule has 3 aromatic rings. The highest BCUT2D eigenvalue weighted by molar-refractivity contribution is 7.88. The Morgan fingerprint density at radius 2 is 1.63 bits per heavy atom. The smallest absolute Gasteiger partial charge is 0.411 e. The molecule has 1 fully saturated rings. The lowest BCUT2D eigenvalue weighted by atomic mass is 9.79. The number of hydrogen-bond acceptors (Lipinski definition) is 5. The molecule has 1 aliphatic heterocycles. The summed E-state index contributed by atoms with van der Waals surface area (Å²) in [5.74, 6) is 0. The van der Waals surface area contributed by atoms with Crippen molar-refractivity contribution in [3.63, 3.8) is 0 Å². The summed E-state index contributed by atoms with van der Waals surface area (Å²) in [7, 11) is -1.74. The highest BCUT2D eigenvalue weighted by Gasteiger charge is 2.47. The van der Waals surface area contributed by atoms with Gasteiger partial charge in [0.25, 0.3) is 0 Å². The number of carbonyl (C=O) groups is 1. The van der Waals surface area contributed by atoms with Gasteiger partial charge in [0.2, 0.25) is 15.6 Å². The van der Waals surface area contributed by atoms with Crippen LogP contribution >= 0.6 is 0 Å². The first-order valence-electron chi connectivity index (χ1n) is 12.6. The molecule has 8 nitrogen and oxygen atoms in total. The Morgan fingerprint density at radius 1 is 1.00 bits per heavy atom. The van der Waals surface area contributed by atoms with E-state index in [2.05, 4.69) is 4.72 Å². The van der Waals surface area contributed by atoms with E-state index in [4.69, 9.17) is 4.74 Å². The number of cyclic esters (lactones) is 1. The van der Waals surface area contributed by atoms with Crippen molar-refractivity contribution in [1.82, 2.24) is 14.2 Å². The number of aryl methyl sites for hydroxylation is 1. The normalized spacial score (nSPS) is 19.2. The van der Waals surface area contributed by atoms with E-state index >= 15 is 0 Å². The van der Waals surface area contributed by atoms with Crippen molar-refractivity contribution in [3.8, 4) is 11.1 Å². The third-order valence-corrected chi connectivity index (χ3v) is 7.97. The number of sulfonamides is 1. The van der Waals surface area contributed by atoms with Crippen LogP contribution in [-0.4, -0.2) is 42.3 Å². The van der Waals surface area contributed by atoms with Gasteiger partial charge in [-0.25, -0.2) is 17.9 Å². The van der Waals surface area contributed by atoms with Crippen molar-refractivity contribution in [2.75, 3.05) is 12.8 Å². The van der Waals surface area contributed by atoms with Crippen molar-refractivity contribution in [3.05, 3.63) is 94.4 Å². The third-order valence-electron chi connectivity index (χ3n) is 7.04. The molecule has 2 atom stereocenters. The Hall–Kier alpha value is -3.43. The van der Waals surface area contributed by atoms with Crippen LogP contribution in [0.2, 0.25) is 0 Å². The Bertz CT molecular complexity index is 1470. The van der Waals surface area contributed by atoms with Gasteiger partial charge in [0, 0.05) is 44.2 Å². The van der Waals surface area contributed by atoms with Crippen LogP contribution in [-0.2, 0) is 27.4 Å². The number of amides is 1. The second kappa shape index (κ2) is 10.4. The molecule has 1 aromatic heterocycles. The summed E-state index contributed by atoms with van der Waals surface area (Å²) in [6.07, 6.45) is 3.29. The molecule has 1 saturated heterocycles. The molecular formula is C29H35N3O5S. The first kappa shape index (κ1) is 27.6. The lowest BCUT2D eigenvalue weighted by Crippen LogP contribution is -2.54. The van der Waals surface area contributed by atoms with Crippen LogP contribution < -0.4 is 10.3 Å². The van der Waals surface area contributed by atoms with Crippen LogP contribution in [0.1, 0.15) is 50.8 Å². The SMILES string of the molecule is C[C@@H](c1ccc(-c2ccc(=O)n(C)c2)cc1)N1CCC(CC(C)(C)NS(C)(=O)=O)(c2ccccc2)OC1=O. The quantitative estimate of drug-likeness (QED) is 0.454. The van der Waals surface area contributed by atoms with E-state index in [-0.39, 0.29) is 11.6 Å². The number of rotatable bonds is 8. The average molecular weight is 538 g/mol. The predicted molar refractivity (Wildman–Crippen MR) is 148 cm³/mol. The molecule has 4 rings (SSSR count). The maximum Gasteiger partial charge on any atom is 0.411 e. The van der Waals surface area contributed by atoms with Gasteiger partial charge in [-0.2, -0.15) is 0 Å². The van der Waals surface area contributed by atoms with Gasteiger partial charge in [0.1, 0.15) is 5.60 Å². The second-order valence-corrected chi connectivity index (χ2v) is 12.5. The minimum absolute atomic E-state index is 0.0651. The number of carbonyl (C=O) groups excluding carboxylic acids is 1. The van der Waals surface area contributed by atoms with E-state index < -0.39 is 27.3 Å². The molecular weight excluding hydrogens is 502 g/mol. The van der Waals surface area contributed by atoms with Gasteiger partial charge in [-0.15, -0.1) is 0 Å². The summed E-state index contributed by atoms with van der Waals surface area (Å²) in [6.45, 7) is 6.01. The van der Waals surface area contributed by atoms with Crippen molar-refractivity contribution in [1.29, 1.82) is 0 Å². The topological polar surface area (TPSA) is 97.7 Å². The van der Waals surface area contributed by atoms with Crippen LogP contribution in [0.3, 0.4) is 0 Å². The molecule has 202 valence electrons. The van der Waals surface area contributed by atoms with E-state index in [1.54, 1.807) is 48.7 Å². The van der Waals surface area contributed by atoms with Gasteiger partial charge in [-0.3, -0.25) is 4.79 Å². The molecule has 0 radical (unpaired) electrons. The fraction of sp³-hybridized carbons (Fsp3) is 0.379. The van der Waals surface area contributed by atoms with Crippen LogP contribution in [0.15, 0.2) is 77.7 Å². The zero-order valence-electron chi connectivity index (χ0n) is 22.5. The summed E-state index contributed by atoms with van der Waals surface area (Å²) >= 11 is 0. The lowest BCUT2D eigenvalue weighted by molar-refractivity contribution is -0.0749.